The first-order valence-electron chi connectivity index (χ1n) is 5.39. The molecule has 1 aromatic carbocycles. The molecule has 4 nitrogen and oxygen atoms in total. The van der Waals surface area contributed by atoms with E-state index in [0.717, 1.165) is 0 Å². The molecule has 17 heavy (non-hydrogen) atoms. The maximum Gasteiger partial charge on any atom is 0.261 e. The second-order valence-electron chi connectivity index (χ2n) is 4.72. The molecule has 1 rings (SSSR count). The molecule has 0 unspecified atom stereocenters. The lowest BCUT2D eigenvalue weighted by Crippen LogP contribution is -2.32. The second-order valence-corrected chi connectivity index (χ2v) is 9.15. The van der Waals surface area contributed by atoms with Crippen LogP contribution in [-0.2, 0) is 4.79 Å². The van der Waals surface area contributed by atoms with E-state index in [2.05, 4.69) is 5.32 Å². The number of hydrogen-bond acceptors (Lipinski definition) is 3. The van der Waals surface area contributed by atoms with Gasteiger partial charge in [-0.15, -0.1) is 0 Å². The smallest absolute Gasteiger partial charge is 0.261 e. The number of benzene rings is 1. The summed E-state index contributed by atoms with van der Waals surface area (Å²) in [7, 11) is -1.78. The van der Waals surface area contributed by atoms with Crippen LogP contribution < -0.4 is 9.74 Å². The van der Waals surface area contributed by atoms with Crippen LogP contribution in [0.25, 0.3) is 0 Å². The fraction of sp³-hybridized carbons (Fsp3) is 0.333. The third kappa shape index (κ3) is 4.40. The fourth-order valence-corrected chi connectivity index (χ4v) is 2.14. The molecule has 0 spiro atoms. The Bertz CT molecular complexity index is 438. The van der Waals surface area contributed by atoms with E-state index in [1.807, 2.05) is 19.6 Å². The molecule has 0 saturated carbocycles. The number of imide groups is 1. The molecule has 92 valence electrons. The van der Waals surface area contributed by atoms with Crippen LogP contribution in [0.3, 0.4) is 0 Å². The Morgan fingerprint density at radius 1 is 1.18 bits per heavy atom. The van der Waals surface area contributed by atoms with E-state index in [4.69, 9.17) is 4.43 Å². The van der Waals surface area contributed by atoms with Crippen molar-refractivity contribution in [1.29, 1.82) is 0 Å². The van der Waals surface area contributed by atoms with Gasteiger partial charge in [-0.05, 0) is 31.8 Å². The highest BCUT2D eigenvalue weighted by Crippen LogP contribution is 2.21. The molecular weight excluding hydrogens is 234 g/mol. The van der Waals surface area contributed by atoms with Gasteiger partial charge in [-0.3, -0.25) is 14.9 Å². The van der Waals surface area contributed by atoms with Crippen molar-refractivity contribution in [2.75, 3.05) is 0 Å². The highest BCUT2D eigenvalue weighted by atomic mass is 28.4. The van der Waals surface area contributed by atoms with Gasteiger partial charge in [0.1, 0.15) is 5.75 Å². The molecule has 0 saturated heterocycles. The summed E-state index contributed by atoms with van der Waals surface area (Å²) in [5.41, 5.74) is 0.394. The van der Waals surface area contributed by atoms with E-state index in [9.17, 15) is 9.59 Å². The Morgan fingerprint density at radius 2 is 1.76 bits per heavy atom. The Hall–Kier alpha value is -1.62. The summed E-state index contributed by atoms with van der Waals surface area (Å²) >= 11 is 0. The molecule has 0 aliphatic rings. The van der Waals surface area contributed by atoms with Crippen LogP contribution >= 0.6 is 0 Å². The number of nitrogens with one attached hydrogen (secondary N) is 1. The summed E-state index contributed by atoms with van der Waals surface area (Å²) in [5.74, 6) is -0.269. The van der Waals surface area contributed by atoms with Crippen LogP contribution in [0, 0.1) is 0 Å². The van der Waals surface area contributed by atoms with Crippen LogP contribution in [0.1, 0.15) is 17.3 Å². The molecule has 0 aliphatic carbocycles. The molecule has 1 aromatic rings. The Balaban J connectivity index is 2.99. The highest BCUT2D eigenvalue weighted by Gasteiger charge is 2.20. The van der Waals surface area contributed by atoms with Gasteiger partial charge in [-0.2, -0.15) is 0 Å². The minimum absolute atomic E-state index is 0.377. The molecule has 0 heterocycles. The van der Waals surface area contributed by atoms with Crippen molar-refractivity contribution in [3.05, 3.63) is 29.8 Å². The summed E-state index contributed by atoms with van der Waals surface area (Å²) in [6, 6.07) is 6.94. The third-order valence-electron chi connectivity index (χ3n) is 1.84. The maximum absolute atomic E-state index is 11.8. The van der Waals surface area contributed by atoms with Crippen molar-refractivity contribution < 1.29 is 14.0 Å². The molecule has 0 fully saturated rings. The minimum Gasteiger partial charge on any atom is -0.544 e. The van der Waals surface area contributed by atoms with Gasteiger partial charge >= 0.3 is 0 Å². The lowest BCUT2D eigenvalue weighted by Gasteiger charge is -2.21. The molecule has 0 aliphatic heterocycles. The standard InChI is InChI=1S/C12H17NO3Si/c1-9(14)13-12(15)10-7-5-6-8-11(10)16-17(2,3)4/h5-8H,1-4H3,(H,13,14,15). The average molecular weight is 251 g/mol. The van der Waals surface area contributed by atoms with Gasteiger partial charge in [0.2, 0.25) is 14.2 Å². The van der Waals surface area contributed by atoms with E-state index >= 15 is 0 Å². The van der Waals surface area contributed by atoms with Crippen molar-refractivity contribution in [2.45, 2.75) is 26.6 Å². The van der Waals surface area contributed by atoms with E-state index in [1.54, 1.807) is 24.3 Å². The van der Waals surface area contributed by atoms with Crippen molar-refractivity contribution >= 4 is 20.1 Å². The summed E-state index contributed by atoms with van der Waals surface area (Å²) in [4.78, 5) is 22.6. The minimum atomic E-state index is -1.78. The molecule has 5 heteroatoms. The first-order valence-corrected chi connectivity index (χ1v) is 8.80. The quantitative estimate of drug-likeness (QED) is 0.838. The molecule has 0 aromatic heterocycles. The van der Waals surface area contributed by atoms with Crippen LogP contribution in [-0.4, -0.2) is 20.1 Å². The van der Waals surface area contributed by atoms with Crippen LogP contribution in [0.4, 0.5) is 0 Å². The number of amides is 2. The number of carbonyl (C=O) groups is 2. The predicted octanol–water partition coefficient (Wildman–Crippen LogP) is 2.18. The number of hydrogen-bond donors (Lipinski definition) is 1. The largest absolute Gasteiger partial charge is 0.544 e. The van der Waals surface area contributed by atoms with E-state index in [-0.39, 0.29) is 5.91 Å². The van der Waals surface area contributed by atoms with Crippen molar-refractivity contribution in [3.8, 4) is 5.75 Å². The van der Waals surface area contributed by atoms with Gasteiger partial charge in [-0.1, -0.05) is 12.1 Å². The van der Waals surface area contributed by atoms with Crippen molar-refractivity contribution in [2.24, 2.45) is 0 Å². The fourth-order valence-electron chi connectivity index (χ4n) is 1.30. The zero-order valence-corrected chi connectivity index (χ0v) is 11.5. The van der Waals surface area contributed by atoms with Gasteiger partial charge in [0, 0.05) is 6.92 Å². The number of carbonyl (C=O) groups excluding carboxylic acids is 2. The van der Waals surface area contributed by atoms with Gasteiger partial charge in [0.05, 0.1) is 5.56 Å². The molecule has 1 N–H and O–H groups in total. The Morgan fingerprint density at radius 3 is 2.29 bits per heavy atom. The summed E-state index contributed by atoms with van der Waals surface area (Å²) in [5, 5.41) is 2.24. The van der Waals surface area contributed by atoms with Gasteiger partial charge < -0.3 is 4.43 Å². The third-order valence-corrected chi connectivity index (χ3v) is 2.67. The summed E-state index contributed by atoms with van der Waals surface area (Å²) in [6.45, 7) is 7.41. The van der Waals surface area contributed by atoms with Crippen LogP contribution in [0.5, 0.6) is 5.75 Å². The van der Waals surface area contributed by atoms with Crippen LogP contribution in [0.15, 0.2) is 24.3 Å². The van der Waals surface area contributed by atoms with Gasteiger partial charge in [0.15, 0.2) is 0 Å². The molecule has 0 radical (unpaired) electrons. The predicted molar refractivity (Wildman–Crippen MR) is 68.6 cm³/mol. The number of para-hydroxylation sites is 1. The second kappa shape index (κ2) is 5.14. The lowest BCUT2D eigenvalue weighted by molar-refractivity contribution is -0.118. The van der Waals surface area contributed by atoms with E-state index in [0.29, 0.717) is 11.3 Å². The SMILES string of the molecule is CC(=O)NC(=O)c1ccccc1O[Si](C)(C)C. The maximum atomic E-state index is 11.8. The van der Waals surface area contributed by atoms with E-state index < -0.39 is 14.2 Å². The van der Waals surface area contributed by atoms with Gasteiger partial charge in [-0.25, -0.2) is 0 Å². The topological polar surface area (TPSA) is 55.4 Å². The molecule has 2 amide bonds. The first kappa shape index (κ1) is 13.4. The number of rotatable bonds is 3. The van der Waals surface area contributed by atoms with Crippen LogP contribution in [0.2, 0.25) is 19.6 Å². The molecule has 0 atom stereocenters. The Labute approximate surface area is 102 Å². The Kier molecular flexibility index (Phi) is 4.06. The van der Waals surface area contributed by atoms with Crippen molar-refractivity contribution in [1.82, 2.24) is 5.32 Å². The zero-order valence-electron chi connectivity index (χ0n) is 10.5. The lowest BCUT2D eigenvalue weighted by atomic mass is 10.2. The summed E-state index contributed by atoms with van der Waals surface area (Å²) in [6.07, 6.45) is 0. The molecular formula is C12H17NO3Si. The van der Waals surface area contributed by atoms with Gasteiger partial charge in [0.25, 0.3) is 5.91 Å². The first-order chi connectivity index (χ1) is 7.79. The summed E-state index contributed by atoms with van der Waals surface area (Å²) < 4.78 is 5.80. The normalized spacial score (nSPS) is 10.8. The highest BCUT2D eigenvalue weighted by molar-refractivity contribution is 6.70. The van der Waals surface area contributed by atoms with Crippen molar-refractivity contribution in [3.63, 3.8) is 0 Å². The molecule has 0 bridgehead atoms. The zero-order chi connectivity index (χ0) is 13.1. The van der Waals surface area contributed by atoms with E-state index in [1.165, 1.54) is 6.92 Å². The average Bonchev–Trinajstić information content (AvgIpc) is 2.14. The monoisotopic (exact) mass is 251 g/mol.